The third-order valence-corrected chi connectivity index (χ3v) is 4.19. The van der Waals surface area contributed by atoms with Gasteiger partial charge >= 0.3 is 5.97 Å². The molecule has 2 rings (SSSR count). The molecule has 2 aromatic carbocycles. The summed E-state index contributed by atoms with van der Waals surface area (Å²) in [5, 5.41) is 0. The van der Waals surface area contributed by atoms with E-state index in [1.54, 1.807) is 30.3 Å². The molecule has 0 fully saturated rings. The summed E-state index contributed by atoms with van der Waals surface area (Å²) in [7, 11) is 2.66. The maximum atomic E-state index is 12.5. The minimum atomic E-state index is -2.57. The topological polar surface area (TPSA) is 52.6 Å². The second-order valence-corrected chi connectivity index (χ2v) is 6.09. The summed E-state index contributed by atoms with van der Waals surface area (Å²) in [6.07, 6.45) is 2.96. The van der Waals surface area contributed by atoms with E-state index in [0.29, 0.717) is 22.9 Å². The van der Waals surface area contributed by atoms with Crippen molar-refractivity contribution in [3.8, 4) is 5.75 Å². The van der Waals surface area contributed by atoms with E-state index < -0.39 is 11.7 Å². The fourth-order valence-corrected chi connectivity index (χ4v) is 2.73. The number of esters is 1. The number of benzene rings is 2. The number of thioether (sulfide) groups is 1. The Morgan fingerprint density at radius 3 is 2.27 bits per heavy atom. The first kappa shape index (κ1) is 19.7. The lowest BCUT2D eigenvalue weighted by molar-refractivity contribution is 0.0600. The lowest BCUT2D eigenvalue weighted by Crippen LogP contribution is -2.00. The van der Waals surface area contributed by atoms with Crippen molar-refractivity contribution in [2.24, 2.45) is 0 Å². The second kappa shape index (κ2) is 9.15. The molecule has 0 N–H and O–H groups in total. The van der Waals surface area contributed by atoms with Gasteiger partial charge in [0.15, 0.2) is 5.78 Å². The molecule has 0 amide bonds. The summed E-state index contributed by atoms with van der Waals surface area (Å²) in [5.74, 6) is -3.09. The Morgan fingerprint density at radius 2 is 1.69 bits per heavy atom. The summed E-state index contributed by atoms with van der Waals surface area (Å²) in [6.45, 7) is 0. The quantitative estimate of drug-likeness (QED) is 0.303. The maximum Gasteiger partial charge on any atom is 0.337 e. The van der Waals surface area contributed by atoms with Crippen LogP contribution in [0.4, 0.5) is 8.78 Å². The summed E-state index contributed by atoms with van der Waals surface area (Å²) < 4.78 is 34.7. The van der Waals surface area contributed by atoms with Gasteiger partial charge in [-0.3, -0.25) is 4.79 Å². The number of hydrogen-bond acceptors (Lipinski definition) is 5. The van der Waals surface area contributed by atoms with E-state index in [2.05, 4.69) is 4.74 Å². The van der Waals surface area contributed by atoms with Gasteiger partial charge in [-0.1, -0.05) is 30.0 Å². The predicted octanol–water partition coefficient (Wildman–Crippen LogP) is 4.69. The molecule has 2 aromatic rings. The van der Waals surface area contributed by atoms with Gasteiger partial charge in [0, 0.05) is 5.56 Å². The Balaban J connectivity index is 2.13. The molecule has 0 saturated carbocycles. The Hall–Kier alpha value is -2.67. The number of ketones is 1. The first-order valence-electron chi connectivity index (χ1n) is 7.48. The van der Waals surface area contributed by atoms with Gasteiger partial charge in [0.2, 0.25) is 0 Å². The zero-order chi connectivity index (χ0) is 19.1. The molecular formula is C19H16F2O4S. The van der Waals surface area contributed by atoms with Crippen molar-refractivity contribution in [3.63, 3.8) is 0 Å². The first-order valence-corrected chi connectivity index (χ1v) is 8.36. The molecule has 4 nitrogen and oxygen atoms in total. The van der Waals surface area contributed by atoms with E-state index >= 15 is 0 Å². The van der Waals surface area contributed by atoms with Gasteiger partial charge < -0.3 is 9.47 Å². The van der Waals surface area contributed by atoms with Crippen LogP contribution in [0.3, 0.4) is 0 Å². The highest BCUT2D eigenvalue weighted by Gasteiger charge is 2.13. The lowest BCUT2D eigenvalue weighted by atomic mass is 10.1. The van der Waals surface area contributed by atoms with Gasteiger partial charge in [0.05, 0.1) is 24.7 Å². The number of halogens is 2. The SMILES string of the molecule is COC(=O)c1ccc(C=CC(=O)c2ccc(SC(F)F)c(OC)c2)cc1. The number of hydrogen-bond donors (Lipinski definition) is 0. The summed E-state index contributed by atoms with van der Waals surface area (Å²) in [5.41, 5.74) is 1.46. The summed E-state index contributed by atoms with van der Waals surface area (Å²) in [6, 6.07) is 10.9. The summed E-state index contributed by atoms with van der Waals surface area (Å²) in [4.78, 5) is 23.9. The van der Waals surface area contributed by atoms with Gasteiger partial charge in [0.1, 0.15) is 5.75 Å². The molecule has 0 aliphatic rings. The highest BCUT2D eigenvalue weighted by atomic mass is 32.2. The molecule has 0 bridgehead atoms. The zero-order valence-electron chi connectivity index (χ0n) is 14.1. The zero-order valence-corrected chi connectivity index (χ0v) is 14.9. The largest absolute Gasteiger partial charge is 0.496 e. The van der Waals surface area contributed by atoms with E-state index in [9.17, 15) is 18.4 Å². The van der Waals surface area contributed by atoms with Crippen LogP contribution in [0.1, 0.15) is 26.3 Å². The molecule has 0 aromatic heterocycles. The Bertz CT molecular complexity index is 817. The molecule has 0 atom stereocenters. The van der Waals surface area contributed by atoms with Crippen LogP contribution < -0.4 is 4.74 Å². The van der Waals surface area contributed by atoms with Gasteiger partial charge in [-0.05, 0) is 42.0 Å². The van der Waals surface area contributed by atoms with Crippen LogP contribution in [0.5, 0.6) is 5.75 Å². The van der Waals surface area contributed by atoms with E-state index in [1.807, 2.05) is 0 Å². The van der Waals surface area contributed by atoms with Crippen LogP contribution in [-0.4, -0.2) is 31.7 Å². The van der Waals surface area contributed by atoms with Gasteiger partial charge in [0.25, 0.3) is 5.76 Å². The van der Waals surface area contributed by atoms with E-state index in [0.717, 1.165) is 5.56 Å². The lowest BCUT2D eigenvalue weighted by Gasteiger charge is -2.08. The Labute approximate surface area is 153 Å². The third kappa shape index (κ3) is 5.16. The number of allylic oxidation sites excluding steroid dienone is 1. The molecule has 0 heterocycles. The number of ether oxygens (including phenoxy) is 2. The van der Waals surface area contributed by atoms with Crippen LogP contribution >= 0.6 is 11.8 Å². The molecule has 136 valence electrons. The number of carbonyl (C=O) groups excluding carboxylic acids is 2. The van der Waals surface area contributed by atoms with Crippen LogP contribution in [-0.2, 0) is 4.74 Å². The monoisotopic (exact) mass is 378 g/mol. The van der Waals surface area contributed by atoms with Gasteiger partial charge in [-0.25, -0.2) is 4.79 Å². The molecule has 0 spiro atoms. The average molecular weight is 378 g/mol. The predicted molar refractivity (Wildman–Crippen MR) is 96.0 cm³/mol. The highest BCUT2D eigenvalue weighted by Crippen LogP contribution is 2.34. The molecule has 26 heavy (non-hydrogen) atoms. The molecule has 0 aliphatic carbocycles. The number of alkyl halides is 2. The Morgan fingerprint density at radius 1 is 1.04 bits per heavy atom. The Kier molecular flexibility index (Phi) is 6.91. The molecule has 0 aliphatic heterocycles. The molecule has 7 heteroatoms. The third-order valence-electron chi connectivity index (χ3n) is 3.42. The van der Waals surface area contributed by atoms with Crippen LogP contribution in [0.2, 0.25) is 0 Å². The van der Waals surface area contributed by atoms with Crippen molar-refractivity contribution in [1.29, 1.82) is 0 Å². The smallest absolute Gasteiger partial charge is 0.337 e. The molecular weight excluding hydrogens is 362 g/mol. The van der Waals surface area contributed by atoms with E-state index in [1.165, 1.54) is 38.5 Å². The minimum absolute atomic E-state index is 0.219. The first-order chi connectivity index (χ1) is 12.4. The van der Waals surface area contributed by atoms with Crippen molar-refractivity contribution >= 4 is 29.6 Å². The fraction of sp³-hybridized carbons (Fsp3) is 0.158. The standard InChI is InChI=1S/C19H16F2O4S/c1-24-16-11-14(8-10-17(16)26-19(20)21)15(22)9-5-12-3-6-13(7-4-12)18(23)25-2/h3-11,19H,1-2H3. The number of methoxy groups -OCH3 is 2. The maximum absolute atomic E-state index is 12.5. The van der Waals surface area contributed by atoms with Crippen molar-refractivity contribution in [3.05, 3.63) is 65.2 Å². The van der Waals surface area contributed by atoms with Gasteiger partial charge in [-0.2, -0.15) is 8.78 Å². The normalized spacial score (nSPS) is 11.0. The molecule has 0 radical (unpaired) electrons. The van der Waals surface area contributed by atoms with Crippen LogP contribution in [0.25, 0.3) is 6.08 Å². The average Bonchev–Trinajstić information content (AvgIpc) is 2.65. The fourth-order valence-electron chi connectivity index (χ4n) is 2.13. The highest BCUT2D eigenvalue weighted by molar-refractivity contribution is 7.99. The molecule has 0 unspecified atom stereocenters. The van der Waals surface area contributed by atoms with Crippen LogP contribution in [0, 0.1) is 0 Å². The number of carbonyl (C=O) groups is 2. The van der Waals surface area contributed by atoms with Crippen molar-refractivity contribution in [2.75, 3.05) is 14.2 Å². The van der Waals surface area contributed by atoms with Crippen molar-refractivity contribution in [1.82, 2.24) is 0 Å². The van der Waals surface area contributed by atoms with E-state index in [4.69, 9.17) is 4.74 Å². The van der Waals surface area contributed by atoms with E-state index in [-0.39, 0.29) is 16.4 Å². The number of rotatable bonds is 7. The summed E-state index contributed by atoms with van der Waals surface area (Å²) >= 11 is 0.360. The molecule has 0 saturated heterocycles. The second-order valence-electron chi connectivity index (χ2n) is 5.06. The minimum Gasteiger partial charge on any atom is -0.496 e. The van der Waals surface area contributed by atoms with Gasteiger partial charge in [-0.15, -0.1) is 0 Å². The van der Waals surface area contributed by atoms with Crippen LogP contribution in [0.15, 0.2) is 53.4 Å². The van der Waals surface area contributed by atoms with Crippen molar-refractivity contribution in [2.45, 2.75) is 10.7 Å². The van der Waals surface area contributed by atoms with Crippen molar-refractivity contribution < 1.29 is 27.8 Å².